The summed E-state index contributed by atoms with van der Waals surface area (Å²) in [6.07, 6.45) is 1.63. The van der Waals surface area contributed by atoms with E-state index in [9.17, 15) is 10.1 Å². The molecule has 0 heterocycles. The normalized spacial score (nSPS) is 12.4. The van der Waals surface area contributed by atoms with Gasteiger partial charge in [-0.15, -0.1) is 0 Å². The molecule has 0 amide bonds. The van der Waals surface area contributed by atoms with Crippen LogP contribution in [0.15, 0.2) is 22.7 Å². The smallest absolute Gasteiger partial charge is 0.283 e. The zero-order valence-corrected chi connectivity index (χ0v) is 12.1. The topological polar surface area (TPSA) is 64.4 Å². The third kappa shape index (κ3) is 4.04. The van der Waals surface area contributed by atoms with Crippen molar-refractivity contribution in [3.05, 3.63) is 38.3 Å². The van der Waals surface area contributed by atoms with Crippen LogP contribution in [0.4, 0.5) is 5.69 Å². The van der Waals surface area contributed by atoms with E-state index in [0.29, 0.717) is 11.1 Å². The number of hydrogen-bond donors (Lipinski definition) is 1. The molecule has 0 aromatic heterocycles. The number of nitro groups is 1. The third-order valence-corrected chi connectivity index (χ3v) is 3.71. The number of nitrogens with one attached hydrogen (secondary N) is 1. The van der Waals surface area contributed by atoms with Gasteiger partial charge in [-0.1, -0.05) is 12.1 Å². The molecule has 0 aliphatic rings. The summed E-state index contributed by atoms with van der Waals surface area (Å²) in [6.45, 7) is 0.628. The van der Waals surface area contributed by atoms with Gasteiger partial charge in [-0.2, -0.15) is 0 Å². The first-order valence-electron chi connectivity index (χ1n) is 5.68. The molecule has 0 aliphatic carbocycles. The number of likely N-dealkylation sites (N-methyl/N-ethyl adjacent to an activating group) is 1. The van der Waals surface area contributed by atoms with Crippen LogP contribution in [-0.4, -0.2) is 31.7 Å². The van der Waals surface area contributed by atoms with Crippen molar-refractivity contribution in [3.63, 3.8) is 0 Å². The molecule has 18 heavy (non-hydrogen) atoms. The van der Waals surface area contributed by atoms with E-state index >= 15 is 0 Å². The van der Waals surface area contributed by atoms with Gasteiger partial charge in [-0.05, 0) is 41.4 Å². The summed E-state index contributed by atoms with van der Waals surface area (Å²) in [4.78, 5) is 10.4. The second-order valence-electron chi connectivity index (χ2n) is 3.99. The molecule has 1 N–H and O–H groups in total. The number of rotatable bonds is 7. The summed E-state index contributed by atoms with van der Waals surface area (Å²) in [5.74, 6) is 0. The lowest BCUT2D eigenvalue weighted by Gasteiger charge is -2.15. The zero-order chi connectivity index (χ0) is 13.5. The first-order valence-corrected chi connectivity index (χ1v) is 6.47. The minimum atomic E-state index is -0.377. The molecule has 0 bridgehead atoms. The molecule has 1 unspecified atom stereocenters. The van der Waals surface area contributed by atoms with Crippen LogP contribution in [0.25, 0.3) is 0 Å². The zero-order valence-electron chi connectivity index (χ0n) is 10.5. The van der Waals surface area contributed by atoms with Crippen LogP contribution in [0, 0.1) is 10.1 Å². The van der Waals surface area contributed by atoms with Crippen LogP contribution in [0.2, 0.25) is 0 Å². The number of nitro benzene ring substituents is 1. The largest absolute Gasteiger partial charge is 0.383 e. The molecular formula is C12H17BrN2O3. The molecule has 5 nitrogen and oxygen atoms in total. The van der Waals surface area contributed by atoms with Crippen LogP contribution >= 0.6 is 15.9 Å². The van der Waals surface area contributed by atoms with Crippen molar-refractivity contribution in [2.45, 2.75) is 18.9 Å². The molecule has 0 fully saturated rings. The molecule has 0 aliphatic heterocycles. The van der Waals surface area contributed by atoms with Crippen molar-refractivity contribution < 1.29 is 9.66 Å². The summed E-state index contributed by atoms with van der Waals surface area (Å²) >= 11 is 3.30. The highest BCUT2D eigenvalue weighted by Gasteiger charge is 2.15. The van der Waals surface area contributed by atoms with Gasteiger partial charge in [0.1, 0.15) is 0 Å². The second-order valence-corrected chi connectivity index (χ2v) is 4.78. The Morgan fingerprint density at radius 3 is 2.83 bits per heavy atom. The van der Waals surface area contributed by atoms with E-state index in [-0.39, 0.29) is 16.7 Å². The van der Waals surface area contributed by atoms with Crippen LogP contribution in [0.1, 0.15) is 12.0 Å². The number of ether oxygens (including phenoxy) is 1. The maximum Gasteiger partial charge on any atom is 0.283 e. The first-order chi connectivity index (χ1) is 8.60. The standard InChI is InChI=1S/C12H17BrN2O3/c1-14-10(8-18-2)7-6-9-4-3-5-11(12(9)13)15(16)17/h3-5,10,14H,6-8H2,1-2H3. The Bertz CT molecular complexity index is 412. The summed E-state index contributed by atoms with van der Waals surface area (Å²) < 4.78 is 5.66. The molecule has 1 aromatic carbocycles. The Hall–Kier alpha value is -0.980. The molecule has 0 spiro atoms. The molecular weight excluding hydrogens is 300 g/mol. The maximum absolute atomic E-state index is 10.8. The van der Waals surface area contributed by atoms with E-state index in [0.717, 1.165) is 18.4 Å². The van der Waals surface area contributed by atoms with E-state index in [4.69, 9.17) is 4.74 Å². The summed E-state index contributed by atoms with van der Waals surface area (Å²) in [5, 5.41) is 14.0. The first kappa shape index (κ1) is 15.1. The van der Waals surface area contributed by atoms with E-state index in [1.807, 2.05) is 13.1 Å². The molecule has 1 rings (SSSR count). The fourth-order valence-electron chi connectivity index (χ4n) is 1.74. The van der Waals surface area contributed by atoms with Crippen LogP contribution in [0.3, 0.4) is 0 Å². The molecule has 0 saturated heterocycles. The Morgan fingerprint density at radius 1 is 1.56 bits per heavy atom. The van der Waals surface area contributed by atoms with Crippen molar-refractivity contribution in [1.29, 1.82) is 0 Å². The molecule has 0 radical (unpaired) electrons. The summed E-state index contributed by atoms with van der Waals surface area (Å²) in [7, 11) is 3.54. The highest BCUT2D eigenvalue weighted by atomic mass is 79.9. The Labute approximate surface area is 115 Å². The van der Waals surface area contributed by atoms with E-state index in [2.05, 4.69) is 21.2 Å². The van der Waals surface area contributed by atoms with Gasteiger partial charge in [0.25, 0.3) is 5.69 Å². The quantitative estimate of drug-likeness (QED) is 0.620. The Balaban J connectivity index is 2.73. The lowest BCUT2D eigenvalue weighted by molar-refractivity contribution is -0.385. The average Bonchev–Trinajstić information content (AvgIpc) is 2.35. The summed E-state index contributed by atoms with van der Waals surface area (Å²) in [6, 6.07) is 5.36. The molecule has 100 valence electrons. The van der Waals surface area contributed by atoms with Crippen molar-refractivity contribution in [2.24, 2.45) is 0 Å². The van der Waals surface area contributed by atoms with Gasteiger partial charge in [0, 0.05) is 19.2 Å². The van der Waals surface area contributed by atoms with Crippen LogP contribution in [-0.2, 0) is 11.2 Å². The van der Waals surface area contributed by atoms with Crippen molar-refractivity contribution in [1.82, 2.24) is 5.32 Å². The second kappa shape index (κ2) is 7.45. The Kier molecular flexibility index (Phi) is 6.24. The van der Waals surface area contributed by atoms with E-state index < -0.39 is 0 Å². The van der Waals surface area contributed by atoms with E-state index in [1.54, 1.807) is 13.2 Å². The molecule has 6 heteroatoms. The third-order valence-electron chi connectivity index (χ3n) is 2.79. The van der Waals surface area contributed by atoms with Crippen LogP contribution < -0.4 is 5.32 Å². The molecule has 1 aromatic rings. The van der Waals surface area contributed by atoms with Gasteiger partial charge in [0.2, 0.25) is 0 Å². The van der Waals surface area contributed by atoms with E-state index in [1.165, 1.54) is 6.07 Å². The van der Waals surface area contributed by atoms with Gasteiger partial charge in [-0.25, -0.2) is 0 Å². The number of halogens is 1. The number of nitrogens with zero attached hydrogens (tertiary/aromatic N) is 1. The molecule has 0 saturated carbocycles. The number of methoxy groups -OCH3 is 1. The van der Waals surface area contributed by atoms with Crippen LogP contribution in [0.5, 0.6) is 0 Å². The maximum atomic E-state index is 10.8. The predicted molar refractivity (Wildman–Crippen MR) is 73.8 cm³/mol. The average molecular weight is 317 g/mol. The minimum Gasteiger partial charge on any atom is -0.383 e. The highest BCUT2D eigenvalue weighted by Crippen LogP contribution is 2.29. The van der Waals surface area contributed by atoms with Crippen molar-refractivity contribution >= 4 is 21.6 Å². The minimum absolute atomic E-state index is 0.111. The molecule has 1 atom stereocenters. The van der Waals surface area contributed by atoms with Crippen molar-refractivity contribution in [3.8, 4) is 0 Å². The fourth-order valence-corrected chi connectivity index (χ4v) is 2.35. The summed E-state index contributed by atoms with van der Waals surface area (Å²) in [5.41, 5.74) is 1.06. The fraction of sp³-hybridized carbons (Fsp3) is 0.500. The number of aryl methyl sites for hydroxylation is 1. The number of hydrogen-bond acceptors (Lipinski definition) is 4. The van der Waals surface area contributed by atoms with Gasteiger partial charge in [0.05, 0.1) is 16.0 Å². The SMILES string of the molecule is CNC(CCc1cccc([N+](=O)[O-])c1Br)COC. The van der Waals surface area contributed by atoms with Gasteiger partial charge >= 0.3 is 0 Å². The van der Waals surface area contributed by atoms with Gasteiger partial charge in [0.15, 0.2) is 0 Å². The van der Waals surface area contributed by atoms with Gasteiger partial charge < -0.3 is 10.1 Å². The van der Waals surface area contributed by atoms with Gasteiger partial charge in [-0.3, -0.25) is 10.1 Å². The Morgan fingerprint density at radius 2 is 2.28 bits per heavy atom. The highest BCUT2D eigenvalue weighted by molar-refractivity contribution is 9.10. The number of benzene rings is 1. The lowest BCUT2D eigenvalue weighted by Crippen LogP contribution is -2.30. The lowest BCUT2D eigenvalue weighted by atomic mass is 10.1. The predicted octanol–water partition coefficient (Wildman–Crippen LogP) is 2.52. The monoisotopic (exact) mass is 316 g/mol. The van der Waals surface area contributed by atoms with Crippen molar-refractivity contribution in [2.75, 3.05) is 20.8 Å².